The lowest BCUT2D eigenvalue weighted by atomic mass is 9.50. The van der Waals surface area contributed by atoms with Crippen LogP contribution in [0.25, 0.3) is 0 Å². The fourth-order valence-corrected chi connectivity index (χ4v) is 14.0. The molecule has 10 saturated carbocycles. The number of esters is 6. The first-order valence-electron chi connectivity index (χ1n) is 26.0. The third-order valence-corrected chi connectivity index (χ3v) is 17.4. The maximum Gasteiger partial charge on any atom is 0.333 e. The Morgan fingerprint density at radius 2 is 1.07 bits per heavy atom. The molecule has 0 aromatic rings. The van der Waals surface area contributed by atoms with Crippen LogP contribution < -0.4 is 0 Å². The van der Waals surface area contributed by atoms with E-state index in [0.29, 0.717) is 58.1 Å². The summed E-state index contributed by atoms with van der Waals surface area (Å²) in [5.41, 5.74) is 1.98. The zero-order chi connectivity index (χ0) is 50.7. The molecular formula is C57H82O12. The van der Waals surface area contributed by atoms with Gasteiger partial charge >= 0.3 is 35.8 Å². The first-order chi connectivity index (χ1) is 32.4. The fourth-order valence-electron chi connectivity index (χ4n) is 14.0. The standard InChI is InChI=1S/C15H22O2.C14H20O2.C12H14O4.C10H16O2.C6H10O2/c1-9(2)14(16)17-15(3)12-5-10-4-11(7-12)8-13(15)6-10;1-8(2)14(15)16-13-7-9-6-12(13)11-5-3-4-10(9)11;1-5(2)11(13)15-9-6-3-7-8(4-6)12(14)16-10(7)9;1-8(2)9(11)12-10(3)6-4-5-7-10;1-4-8-6(7)5(2)3/h10-13H,1,4-8H2,2-3H3;9-13H,1,3-7H2,2H3;6-10H,1,3-4H2,2H3;1,4-7H2,2-3H3;2,4H2,1,3H3. The second-order valence-corrected chi connectivity index (χ2v) is 22.9. The Bertz CT molecular complexity index is 2010. The number of carbonyl (C=O) groups excluding carboxylic acids is 6. The summed E-state index contributed by atoms with van der Waals surface area (Å²) >= 11 is 0. The maximum atomic E-state index is 11.8. The van der Waals surface area contributed by atoms with Gasteiger partial charge < -0.3 is 28.4 Å². The van der Waals surface area contributed by atoms with Gasteiger partial charge in [0.1, 0.15) is 29.5 Å². The molecule has 0 spiro atoms. The molecule has 69 heavy (non-hydrogen) atoms. The molecule has 12 heteroatoms. The largest absolute Gasteiger partial charge is 0.463 e. The summed E-state index contributed by atoms with van der Waals surface area (Å²) in [6, 6.07) is 0. The van der Waals surface area contributed by atoms with Crippen LogP contribution in [0.15, 0.2) is 60.8 Å². The summed E-state index contributed by atoms with van der Waals surface area (Å²) in [6.07, 6.45) is 19.0. The van der Waals surface area contributed by atoms with E-state index in [2.05, 4.69) is 44.6 Å². The minimum atomic E-state index is -0.378. The number of hydrogen-bond donors (Lipinski definition) is 0. The van der Waals surface area contributed by atoms with Crippen molar-refractivity contribution in [1.82, 2.24) is 0 Å². The van der Waals surface area contributed by atoms with Gasteiger partial charge in [0.15, 0.2) is 0 Å². The minimum absolute atomic E-state index is 0.0646. The smallest absolute Gasteiger partial charge is 0.333 e. The van der Waals surface area contributed by atoms with Gasteiger partial charge in [-0.05, 0) is 199 Å². The quantitative estimate of drug-likeness (QED) is 0.116. The monoisotopic (exact) mass is 959 g/mol. The highest BCUT2D eigenvalue weighted by molar-refractivity contribution is 5.89. The lowest BCUT2D eigenvalue weighted by Gasteiger charge is -2.59. The van der Waals surface area contributed by atoms with Gasteiger partial charge in [-0.1, -0.05) is 39.3 Å². The zero-order valence-electron chi connectivity index (χ0n) is 43.0. The van der Waals surface area contributed by atoms with Crippen LogP contribution in [-0.4, -0.2) is 71.9 Å². The normalized spacial score (nSPS) is 36.4. The van der Waals surface area contributed by atoms with Gasteiger partial charge in [-0.25, -0.2) is 24.0 Å². The summed E-state index contributed by atoms with van der Waals surface area (Å²) in [5.74, 6) is 5.58. The minimum Gasteiger partial charge on any atom is -0.463 e. The molecule has 1 heterocycles. The second-order valence-electron chi connectivity index (χ2n) is 22.9. The lowest BCUT2D eigenvalue weighted by molar-refractivity contribution is -0.199. The Labute approximate surface area is 411 Å². The van der Waals surface area contributed by atoms with Crippen molar-refractivity contribution in [3.05, 3.63) is 60.8 Å². The van der Waals surface area contributed by atoms with Crippen LogP contribution in [0.3, 0.4) is 0 Å². The maximum absolute atomic E-state index is 11.8. The van der Waals surface area contributed by atoms with Crippen LogP contribution in [0, 0.1) is 65.1 Å². The van der Waals surface area contributed by atoms with Crippen LogP contribution in [0.1, 0.15) is 158 Å². The van der Waals surface area contributed by atoms with E-state index in [1.165, 1.54) is 70.6 Å². The highest BCUT2D eigenvalue weighted by Gasteiger charge is 2.63. The van der Waals surface area contributed by atoms with Gasteiger partial charge in [0.2, 0.25) is 0 Å². The summed E-state index contributed by atoms with van der Waals surface area (Å²) in [7, 11) is 0. The number of ether oxygens (including phenoxy) is 6. The van der Waals surface area contributed by atoms with E-state index < -0.39 is 0 Å². The molecule has 8 bridgehead atoms. The molecule has 10 aliphatic carbocycles. The zero-order valence-corrected chi connectivity index (χ0v) is 43.0. The SMILES string of the molecule is C=C(C)C(=O)OC1(C)C2CC3CC(C2)CC1C3.C=C(C)C(=O)OC1(C)CCCC1.C=C(C)C(=O)OC1C2CC3C(=O)OC1C3C2.C=C(C)C(=O)OC1CC2CC1C1CCCC21.C=C(C)C(=O)OCC. The van der Waals surface area contributed by atoms with Crippen LogP contribution in [0.2, 0.25) is 0 Å². The van der Waals surface area contributed by atoms with Crippen LogP contribution in [-0.2, 0) is 57.2 Å². The molecule has 0 aromatic carbocycles. The first-order valence-corrected chi connectivity index (χ1v) is 26.0. The molecule has 11 rings (SSSR count). The van der Waals surface area contributed by atoms with Crippen molar-refractivity contribution >= 4 is 35.8 Å². The molecule has 10 unspecified atom stereocenters. The third-order valence-electron chi connectivity index (χ3n) is 17.4. The summed E-state index contributed by atoms with van der Waals surface area (Å²) < 4.78 is 32.0. The Morgan fingerprint density at radius 3 is 1.59 bits per heavy atom. The van der Waals surface area contributed by atoms with Crippen molar-refractivity contribution < 1.29 is 57.2 Å². The van der Waals surface area contributed by atoms with Crippen molar-refractivity contribution in [2.45, 2.75) is 188 Å². The van der Waals surface area contributed by atoms with Gasteiger partial charge in [0.05, 0.1) is 12.5 Å². The fraction of sp³-hybridized carbons (Fsp3) is 0.719. The Hall–Kier alpha value is -4.48. The van der Waals surface area contributed by atoms with Gasteiger partial charge in [0.25, 0.3) is 0 Å². The third kappa shape index (κ3) is 12.4. The molecule has 10 atom stereocenters. The molecule has 1 aliphatic heterocycles. The van der Waals surface area contributed by atoms with Crippen LogP contribution >= 0.6 is 0 Å². The first kappa shape index (κ1) is 53.9. The second kappa shape index (κ2) is 22.3. The van der Waals surface area contributed by atoms with E-state index in [9.17, 15) is 28.8 Å². The van der Waals surface area contributed by atoms with Gasteiger partial charge in [0, 0.05) is 39.7 Å². The topological polar surface area (TPSA) is 158 Å². The molecule has 0 radical (unpaired) electrons. The number of hydrogen-bond acceptors (Lipinski definition) is 12. The molecule has 382 valence electrons. The van der Waals surface area contributed by atoms with Crippen molar-refractivity contribution in [2.24, 2.45) is 65.1 Å². The highest BCUT2D eigenvalue weighted by atomic mass is 16.6. The summed E-state index contributed by atoms with van der Waals surface area (Å²) in [4.78, 5) is 67.9. The highest BCUT2D eigenvalue weighted by Crippen LogP contribution is 2.61. The van der Waals surface area contributed by atoms with Crippen LogP contribution in [0.5, 0.6) is 0 Å². The predicted molar refractivity (Wildman–Crippen MR) is 262 cm³/mol. The number of rotatable bonds is 10. The molecule has 12 nitrogen and oxygen atoms in total. The van der Waals surface area contributed by atoms with E-state index in [1.54, 1.807) is 41.5 Å². The average molecular weight is 959 g/mol. The van der Waals surface area contributed by atoms with Crippen molar-refractivity contribution in [1.29, 1.82) is 0 Å². The van der Waals surface area contributed by atoms with E-state index in [0.717, 1.165) is 61.7 Å². The number of carbonyl (C=O) groups is 6. The van der Waals surface area contributed by atoms with Crippen LogP contribution in [0.4, 0.5) is 0 Å². The molecular weight excluding hydrogens is 877 g/mol. The molecule has 11 fully saturated rings. The summed E-state index contributed by atoms with van der Waals surface area (Å²) in [6.45, 7) is 32.6. The van der Waals surface area contributed by atoms with E-state index in [1.807, 2.05) is 6.92 Å². The average Bonchev–Trinajstić information content (AvgIpc) is 4.16. The molecule has 11 aliphatic rings. The molecule has 0 aromatic heterocycles. The number of fused-ring (bicyclic) bond motifs is 6. The van der Waals surface area contributed by atoms with E-state index in [-0.39, 0.29) is 77.2 Å². The van der Waals surface area contributed by atoms with Gasteiger partial charge in [-0.3, -0.25) is 4.79 Å². The predicted octanol–water partition coefficient (Wildman–Crippen LogP) is 10.9. The Morgan fingerprint density at radius 1 is 0.565 bits per heavy atom. The molecule has 0 amide bonds. The molecule has 0 N–H and O–H groups in total. The van der Waals surface area contributed by atoms with Gasteiger partial charge in [-0.2, -0.15) is 0 Å². The van der Waals surface area contributed by atoms with E-state index >= 15 is 0 Å². The van der Waals surface area contributed by atoms with E-state index in [4.69, 9.17) is 23.7 Å². The summed E-state index contributed by atoms with van der Waals surface area (Å²) in [5, 5.41) is 0. The Balaban J connectivity index is 0.000000145. The van der Waals surface area contributed by atoms with Gasteiger partial charge in [-0.15, -0.1) is 0 Å². The Kier molecular flexibility index (Phi) is 17.4. The van der Waals surface area contributed by atoms with Crippen molar-refractivity contribution in [2.75, 3.05) is 6.61 Å². The van der Waals surface area contributed by atoms with Crippen molar-refractivity contribution in [3.63, 3.8) is 0 Å². The molecule has 1 saturated heterocycles. The lowest BCUT2D eigenvalue weighted by Crippen LogP contribution is -2.58. The van der Waals surface area contributed by atoms with Crippen molar-refractivity contribution in [3.8, 4) is 0 Å².